The third-order valence-electron chi connectivity index (χ3n) is 14.5. The minimum absolute atomic E-state index is 0.0178. The summed E-state index contributed by atoms with van der Waals surface area (Å²) in [6.07, 6.45) is 10.5. The first-order valence-electron chi connectivity index (χ1n) is 31.0. The summed E-state index contributed by atoms with van der Waals surface area (Å²) in [5.41, 5.74) is 2.59. The van der Waals surface area contributed by atoms with E-state index in [1.54, 1.807) is 13.2 Å². The molecular weight excluding hydrogens is 1160 g/mol. The Kier molecular flexibility index (Phi) is 43.5. The van der Waals surface area contributed by atoms with Gasteiger partial charge in [-0.25, -0.2) is 9.59 Å². The van der Waals surface area contributed by atoms with Gasteiger partial charge in [-0.15, -0.1) is 6.58 Å². The van der Waals surface area contributed by atoms with Gasteiger partial charge in [0.15, 0.2) is 21.2 Å². The predicted octanol–water partition coefficient (Wildman–Crippen LogP) is 14.3. The van der Waals surface area contributed by atoms with Crippen LogP contribution in [0.4, 0.5) is 0 Å². The van der Waals surface area contributed by atoms with Gasteiger partial charge in [0.05, 0.1) is 72.0 Å². The molecule has 20 heteroatoms. The lowest BCUT2D eigenvalue weighted by Gasteiger charge is -2.49. The Hall–Kier alpha value is -5.04. The zero-order valence-electron chi connectivity index (χ0n) is 57.1. The van der Waals surface area contributed by atoms with Crippen molar-refractivity contribution in [2.75, 3.05) is 61.7 Å². The van der Waals surface area contributed by atoms with Gasteiger partial charge in [-0.1, -0.05) is 142 Å². The molecule has 0 amide bonds. The maximum atomic E-state index is 12.4. The standard InChI is InChI=1S/C33H44O9.C23H46O7Si2.C9H18O2.C3H6/c1-22(2)33(38-7)32(41-24(4)34)27(18-31(35)37-6)17-29(42-33)19-30(23(3)39-20-25-11-9-8-10-12-25)40-21-26-13-15-28(36-5)16-14-26;1-10-21(24)28-14-11-13-26-15-12-20(30-32(8,9)23(2,3)4)18-22(25)29-19-27-16-17-31(5,6)7;1-3-4-5-6-7-8-9(10)11-2;1-3-2/h8-16,18,22-23,29-30,32H,17,19-21H2,1-7H3;10,20H,1,11-19H2,2-9H3;3-8H2,1-2H3;3H,1H2,2H3/b27-18+;;;/t23-,29+,30-,32+,33+;20-;;/m11../s1. The number of hydrogen-bond donors (Lipinski definition) is 0. The van der Waals surface area contributed by atoms with Gasteiger partial charge in [-0.2, -0.15) is 0 Å². The van der Waals surface area contributed by atoms with Crippen LogP contribution in [0.2, 0.25) is 43.8 Å². The minimum Gasteiger partial charge on any atom is -0.497 e. The highest BCUT2D eigenvalue weighted by Crippen LogP contribution is 2.43. The van der Waals surface area contributed by atoms with Crippen molar-refractivity contribution < 1.29 is 85.2 Å². The molecule has 1 heterocycles. The van der Waals surface area contributed by atoms with Crippen LogP contribution in [0.3, 0.4) is 0 Å². The van der Waals surface area contributed by atoms with Crippen LogP contribution < -0.4 is 4.74 Å². The number of unbranched alkanes of at least 4 members (excludes halogenated alkanes) is 4. The highest BCUT2D eigenvalue weighted by Gasteiger charge is 2.53. The number of carbonyl (C=O) groups excluding carboxylic acids is 5. The fourth-order valence-electron chi connectivity index (χ4n) is 8.38. The van der Waals surface area contributed by atoms with Crippen LogP contribution in [0, 0.1) is 5.92 Å². The van der Waals surface area contributed by atoms with E-state index in [1.165, 1.54) is 53.6 Å². The lowest BCUT2D eigenvalue weighted by Crippen LogP contribution is -2.59. The molecule has 0 spiro atoms. The molecule has 0 unspecified atom stereocenters. The number of ether oxygens (including phenoxy) is 12. The quantitative estimate of drug-likeness (QED) is 0.0117. The molecule has 0 radical (unpaired) electrons. The second-order valence-electron chi connectivity index (χ2n) is 24.5. The first-order valence-corrected chi connectivity index (χ1v) is 37.6. The van der Waals surface area contributed by atoms with Crippen LogP contribution >= 0.6 is 0 Å². The summed E-state index contributed by atoms with van der Waals surface area (Å²) >= 11 is 0. The molecular formula is C68H114O18Si2. The fraction of sp³-hybridized carbons (Fsp3) is 0.662. The van der Waals surface area contributed by atoms with Gasteiger partial charge in [0, 0.05) is 79.3 Å². The van der Waals surface area contributed by atoms with Gasteiger partial charge in [0.25, 0.3) is 0 Å². The average molecular weight is 1280 g/mol. The highest BCUT2D eigenvalue weighted by atomic mass is 28.4. The van der Waals surface area contributed by atoms with Gasteiger partial charge < -0.3 is 61.3 Å². The molecule has 0 saturated carbocycles. The molecule has 18 nitrogen and oxygen atoms in total. The number of benzene rings is 2. The van der Waals surface area contributed by atoms with E-state index in [-0.39, 0.29) is 54.4 Å². The summed E-state index contributed by atoms with van der Waals surface area (Å²) < 4.78 is 73.5. The summed E-state index contributed by atoms with van der Waals surface area (Å²) in [7, 11) is 2.66. The number of allylic oxidation sites excluding steroid dienone is 1. The van der Waals surface area contributed by atoms with Gasteiger partial charge in [-0.3, -0.25) is 14.4 Å². The molecule has 502 valence electrons. The van der Waals surface area contributed by atoms with E-state index >= 15 is 0 Å². The smallest absolute Gasteiger partial charge is 0.330 e. The van der Waals surface area contributed by atoms with Crippen LogP contribution in [0.25, 0.3) is 0 Å². The Morgan fingerprint density at radius 3 is 1.92 bits per heavy atom. The molecule has 2 aromatic carbocycles. The van der Waals surface area contributed by atoms with E-state index in [4.69, 9.17) is 56.5 Å². The Bertz CT molecular complexity index is 2280. The summed E-state index contributed by atoms with van der Waals surface area (Å²) in [5.74, 6) is -2.70. The van der Waals surface area contributed by atoms with E-state index in [9.17, 15) is 24.0 Å². The average Bonchev–Trinajstić information content (AvgIpc) is 1.03. The molecule has 6 atom stereocenters. The lowest BCUT2D eigenvalue weighted by atomic mass is 9.83. The maximum absolute atomic E-state index is 12.4. The molecule has 1 fully saturated rings. The van der Waals surface area contributed by atoms with Gasteiger partial charge in [-0.05, 0) is 86.1 Å². The van der Waals surface area contributed by atoms with Crippen LogP contribution in [-0.2, 0) is 93.7 Å². The molecule has 88 heavy (non-hydrogen) atoms. The summed E-state index contributed by atoms with van der Waals surface area (Å²) in [5, 5.41) is 0.0327. The topological polar surface area (TPSA) is 205 Å². The van der Waals surface area contributed by atoms with Crippen LogP contribution in [0.5, 0.6) is 5.75 Å². The Morgan fingerprint density at radius 1 is 0.750 bits per heavy atom. The Balaban J connectivity index is 0.00000145. The van der Waals surface area contributed by atoms with E-state index in [0.717, 1.165) is 41.8 Å². The molecule has 0 aliphatic carbocycles. The maximum Gasteiger partial charge on any atom is 0.330 e. The Labute approximate surface area is 531 Å². The largest absolute Gasteiger partial charge is 0.497 e. The third kappa shape index (κ3) is 36.6. The SMILES string of the molecule is C=CC.C=CC(=O)OCCCOCC[C@H](CC(=O)OCOCC[Si](C)(C)C)O[Si](C)(C)C(C)(C)C.CCCCCCCC(=O)OC.COC(=O)/C=C1\C[C@@H](C[C@@H](OCc2ccc(OC)cc2)[C@@H](C)OCc2ccccc2)O[C@@](OC)(C(C)C)[C@H]1OC(C)=O. The van der Waals surface area contributed by atoms with Gasteiger partial charge in [0.1, 0.15) is 5.75 Å². The van der Waals surface area contributed by atoms with Crippen molar-refractivity contribution in [2.45, 2.75) is 226 Å². The fourth-order valence-corrected chi connectivity index (χ4v) is 10.5. The van der Waals surface area contributed by atoms with E-state index < -0.39 is 52.3 Å². The lowest BCUT2D eigenvalue weighted by molar-refractivity contribution is -0.322. The molecule has 1 aliphatic heterocycles. The number of carbonyl (C=O) groups is 5. The minimum atomic E-state index is -2.05. The molecule has 0 N–H and O–H groups in total. The molecule has 0 aromatic heterocycles. The highest BCUT2D eigenvalue weighted by molar-refractivity contribution is 6.76. The number of hydrogen-bond acceptors (Lipinski definition) is 18. The number of rotatable bonds is 37. The van der Waals surface area contributed by atoms with E-state index in [2.05, 4.69) is 78.3 Å². The first kappa shape index (κ1) is 83.0. The molecule has 3 rings (SSSR count). The normalized spacial score (nSPS) is 17.2. The number of methoxy groups -OCH3 is 4. The van der Waals surface area contributed by atoms with E-state index in [1.807, 2.05) is 82.3 Å². The molecule has 2 aromatic rings. The second-order valence-corrected chi connectivity index (χ2v) is 34.9. The monoisotopic (exact) mass is 1270 g/mol. The molecule has 1 aliphatic rings. The van der Waals surface area contributed by atoms with Crippen LogP contribution in [-0.4, -0.2) is 144 Å². The van der Waals surface area contributed by atoms with Gasteiger partial charge >= 0.3 is 29.8 Å². The van der Waals surface area contributed by atoms with E-state index in [0.29, 0.717) is 77.3 Å². The van der Waals surface area contributed by atoms with Crippen molar-refractivity contribution in [3.8, 4) is 5.75 Å². The zero-order chi connectivity index (χ0) is 66.8. The van der Waals surface area contributed by atoms with Crippen molar-refractivity contribution in [1.82, 2.24) is 0 Å². The Morgan fingerprint density at radius 2 is 1.38 bits per heavy atom. The van der Waals surface area contributed by atoms with Gasteiger partial charge in [0.2, 0.25) is 5.79 Å². The van der Waals surface area contributed by atoms with Crippen molar-refractivity contribution in [2.24, 2.45) is 5.92 Å². The molecule has 0 bridgehead atoms. The molecule has 1 saturated heterocycles. The van der Waals surface area contributed by atoms with Crippen LogP contribution in [0.15, 0.2) is 91.6 Å². The number of esters is 5. The second kappa shape index (κ2) is 46.1. The third-order valence-corrected chi connectivity index (χ3v) is 20.8. The summed E-state index contributed by atoms with van der Waals surface area (Å²) in [4.78, 5) is 58.5. The zero-order valence-corrected chi connectivity index (χ0v) is 59.1. The van der Waals surface area contributed by atoms with Crippen LogP contribution in [0.1, 0.15) is 144 Å². The summed E-state index contributed by atoms with van der Waals surface area (Å²) in [6, 6.07) is 18.7. The van der Waals surface area contributed by atoms with Crippen molar-refractivity contribution >= 4 is 46.2 Å². The van der Waals surface area contributed by atoms with Crippen molar-refractivity contribution in [3.63, 3.8) is 0 Å². The van der Waals surface area contributed by atoms with Crippen molar-refractivity contribution in [3.05, 3.63) is 103 Å². The van der Waals surface area contributed by atoms with Crippen molar-refractivity contribution in [1.29, 1.82) is 0 Å². The predicted molar refractivity (Wildman–Crippen MR) is 351 cm³/mol. The first-order chi connectivity index (χ1) is 41.5. The summed E-state index contributed by atoms with van der Waals surface area (Å²) in [6.45, 7) is 38.2.